The van der Waals surface area contributed by atoms with Crippen LogP contribution in [0, 0.1) is 0 Å². The molecule has 2 nitrogen and oxygen atoms in total. The van der Waals surface area contributed by atoms with Crippen molar-refractivity contribution in [3.8, 4) is 0 Å². The summed E-state index contributed by atoms with van der Waals surface area (Å²) < 4.78 is 10.4. The molecule has 0 N–H and O–H groups in total. The standard InChI is InChI=1S/C13H18O2/c1-3-12-5-7-13(8-6-12)11-15-10-4-9-14-2/h3,5-8H,1,4,9-11H2,2H3. The first-order valence-electron chi connectivity index (χ1n) is 5.15. The molecule has 1 rings (SSSR count). The highest BCUT2D eigenvalue weighted by atomic mass is 16.5. The third-order valence-corrected chi connectivity index (χ3v) is 2.12. The Kier molecular flexibility index (Phi) is 5.74. The number of hydrogen-bond donors (Lipinski definition) is 0. The fourth-order valence-electron chi connectivity index (χ4n) is 1.25. The van der Waals surface area contributed by atoms with Crippen LogP contribution in [0.1, 0.15) is 17.5 Å². The maximum absolute atomic E-state index is 5.49. The second-order valence-corrected chi connectivity index (χ2v) is 3.34. The predicted molar refractivity (Wildman–Crippen MR) is 62.7 cm³/mol. The van der Waals surface area contributed by atoms with Crippen LogP contribution in [0.25, 0.3) is 6.08 Å². The molecule has 82 valence electrons. The summed E-state index contributed by atoms with van der Waals surface area (Å²) in [4.78, 5) is 0. The van der Waals surface area contributed by atoms with Gasteiger partial charge in [-0.25, -0.2) is 0 Å². The Morgan fingerprint density at radius 1 is 1.20 bits per heavy atom. The van der Waals surface area contributed by atoms with Gasteiger partial charge in [-0.05, 0) is 17.5 Å². The van der Waals surface area contributed by atoms with E-state index in [-0.39, 0.29) is 0 Å². The van der Waals surface area contributed by atoms with Crippen molar-refractivity contribution in [2.45, 2.75) is 13.0 Å². The van der Waals surface area contributed by atoms with Crippen molar-refractivity contribution in [1.82, 2.24) is 0 Å². The molecular formula is C13H18O2. The van der Waals surface area contributed by atoms with Crippen molar-refractivity contribution in [1.29, 1.82) is 0 Å². The van der Waals surface area contributed by atoms with E-state index in [1.807, 2.05) is 18.2 Å². The van der Waals surface area contributed by atoms with Gasteiger partial charge in [-0.2, -0.15) is 0 Å². The van der Waals surface area contributed by atoms with Gasteiger partial charge in [-0.1, -0.05) is 36.9 Å². The van der Waals surface area contributed by atoms with E-state index < -0.39 is 0 Å². The Labute approximate surface area is 91.5 Å². The molecule has 0 unspecified atom stereocenters. The molecule has 0 atom stereocenters. The van der Waals surface area contributed by atoms with Gasteiger partial charge in [0, 0.05) is 20.3 Å². The molecule has 0 fully saturated rings. The van der Waals surface area contributed by atoms with Gasteiger partial charge in [-0.3, -0.25) is 0 Å². The fourth-order valence-corrected chi connectivity index (χ4v) is 1.25. The van der Waals surface area contributed by atoms with Crippen LogP contribution in [0.15, 0.2) is 30.8 Å². The summed E-state index contributed by atoms with van der Waals surface area (Å²) in [6.07, 6.45) is 2.78. The largest absolute Gasteiger partial charge is 0.385 e. The first-order valence-corrected chi connectivity index (χ1v) is 5.15. The summed E-state index contributed by atoms with van der Waals surface area (Å²) >= 11 is 0. The number of methoxy groups -OCH3 is 1. The summed E-state index contributed by atoms with van der Waals surface area (Å²) in [6, 6.07) is 8.21. The Morgan fingerprint density at radius 2 is 1.93 bits per heavy atom. The van der Waals surface area contributed by atoms with Gasteiger partial charge < -0.3 is 9.47 Å². The molecule has 0 saturated carbocycles. The lowest BCUT2D eigenvalue weighted by Crippen LogP contribution is -1.99. The molecule has 0 bridgehead atoms. The lowest BCUT2D eigenvalue weighted by molar-refractivity contribution is 0.0928. The Hall–Kier alpha value is -1.12. The average Bonchev–Trinajstić information content (AvgIpc) is 2.30. The van der Waals surface area contributed by atoms with Crippen molar-refractivity contribution in [2.24, 2.45) is 0 Å². The minimum Gasteiger partial charge on any atom is -0.385 e. The van der Waals surface area contributed by atoms with Gasteiger partial charge in [-0.15, -0.1) is 0 Å². The van der Waals surface area contributed by atoms with Gasteiger partial charge >= 0.3 is 0 Å². The van der Waals surface area contributed by atoms with Crippen LogP contribution in [-0.4, -0.2) is 20.3 Å². The number of benzene rings is 1. The quantitative estimate of drug-likeness (QED) is 0.639. The maximum atomic E-state index is 5.49. The fraction of sp³-hybridized carbons (Fsp3) is 0.385. The van der Waals surface area contributed by atoms with E-state index in [0.717, 1.165) is 25.2 Å². The molecule has 0 aliphatic rings. The van der Waals surface area contributed by atoms with E-state index in [0.29, 0.717) is 6.61 Å². The van der Waals surface area contributed by atoms with Crippen molar-refractivity contribution >= 4 is 6.08 Å². The zero-order valence-electron chi connectivity index (χ0n) is 9.24. The second kappa shape index (κ2) is 7.21. The molecule has 0 radical (unpaired) electrons. The molecule has 1 aromatic carbocycles. The van der Waals surface area contributed by atoms with Gasteiger partial charge in [0.2, 0.25) is 0 Å². The zero-order chi connectivity index (χ0) is 10.9. The summed E-state index contributed by atoms with van der Waals surface area (Å²) in [7, 11) is 1.70. The van der Waals surface area contributed by atoms with Crippen molar-refractivity contribution in [2.75, 3.05) is 20.3 Å². The summed E-state index contributed by atoms with van der Waals surface area (Å²) in [5.74, 6) is 0. The van der Waals surface area contributed by atoms with E-state index in [2.05, 4.69) is 18.7 Å². The highest BCUT2D eigenvalue weighted by Crippen LogP contribution is 2.06. The Bertz CT molecular complexity index is 277. The van der Waals surface area contributed by atoms with Gasteiger partial charge in [0.25, 0.3) is 0 Å². The molecule has 2 heteroatoms. The highest BCUT2D eigenvalue weighted by molar-refractivity contribution is 5.47. The monoisotopic (exact) mass is 206 g/mol. The van der Waals surface area contributed by atoms with Gasteiger partial charge in [0.15, 0.2) is 0 Å². The SMILES string of the molecule is C=Cc1ccc(COCCCOC)cc1. The Balaban J connectivity index is 2.22. The lowest BCUT2D eigenvalue weighted by Gasteiger charge is -2.04. The molecule has 0 aliphatic carbocycles. The molecule has 15 heavy (non-hydrogen) atoms. The van der Waals surface area contributed by atoms with Crippen molar-refractivity contribution in [3.05, 3.63) is 42.0 Å². The highest BCUT2D eigenvalue weighted by Gasteiger charge is 1.93. The van der Waals surface area contributed by atoms with E-state index in [4.69, 9.17) is 9.47 Å². The lowest BCUT2D eigenvalue weighted by atomic mass is 10.1. The van der Waals surface area contributed by atoms with E-state index in [1.54, 1.807) is 7.11 Å². The molecule has 0 aliphatic heterocycles. The minimum atomic E-state index is 0.668. The molecule has 0 aromatic heterocycles. The topological polar surface area (TPSA) is 18.5 Å². The first-order chi connectivity index (χ1) is 7.36. The van der Waals surface area contributed by atoms with Crippen LogP contribution in [0.4, 0.5) is 0 Å². The molecular weight excluding hydrogens is 188 g/mol. The van der Waals surface area contributed by atoms with Crippen LogP contribution < -0.4 is 0 Å². The predicted octanol–water partition coefficient (Wildman–Crippen LogP) is 2.88. The smallest absolute Gasteiger partial charge is 0.0716 e. The van der Waals surface area contributed by atoms with E-state index in [9.17, 15) is 0 Å². The van der Waals surface area contributed by atoms with Crippen molar-refractivity contribution < 1.29 is 9.47 Å². The second-order valence-electron chi connectivity index (χ2n) is 3.34. The molecule has 1 aromatic rings. The number of ether oxygens (including phenoxy) is 2. The number of rotatable bonds is 7. The normalized spacial score (nSPS) is 10.2. The summed E-state index contributed by atoms with van der Waals surface area (Å²) in [6.45, 7) is 5.89. The molecule has 0 amide bonds. The van der Waals surface area contributed by atoms with Crippen LogP contribution in [0.5, 0.6) is 0 Å². The Morgan fingerprint density at radius 3 is 2.53 bits per heavy atom. The maximum Gasteiger partial charge on any atom is 0.0716 e. The van der Waals surface area contributed by atoms with Gasteiger partial charge in [0.05, 0.1) is 6.61 Å². The average molecular weight is 206 g/mol. The van der Waals surface area contributed by atoms with Crippen molar-refractivity contribution in [3.63, 3.8) is 0 Å². The van der Waals surface area contributed by atoms with Crippen LogP contribution in [0.2, 0.25) is 0 Å². The van der Waals surface area contributed by atoms with E-state index >= 15 is 0 Å². The minimum absolute atomic E-state index is 0.668. The van der Waals surface area contributed by atoms with Crippen LogP contribution >= 0.6 is 0 Å². The molecule has 0 spiro atoms. The van der Waals surface area contributed by atoms with Gasteiger partial charge in [0.1, 0.15) is 0 Å². The summed E-state index contributed by atoms with van der Waals surface area (Å²) in [5.41, 5.74) is 2.33. The molecule has 0 heterocycles. The molecule has 0 saturated heterocycles. The van der Waals surface area contributed by atoms with Crippen LogP contribution in [-0.2, 0) is 16.1 Å². The first kappa shape index (κ1) is 12.0. The summed E-state index contributed by atoms with van der Waals surface area (Å²) in [5, 5.41) is 0. The van der Waals surface area contributed by atoms with E-state index in [1.165, 1.54) is 5.56 Å². The van der Waals surface area contributed by atoms with Crippen LogP contribution in [0.3, 0.4) is 0 Å². The zero-order valence-corrected chi connectivity index (χ0v) is 9.24. The third kappa shape index (κ3) is 4.77. The number of hydrogen-bond acceptors (Lipinski definition) is 2. The third-order valence-electron chi connectivity index (χ3n) is 2.12.